The van der Waals surface area contributed by atoms with Crippen LogP contribution in [-0.4, -0.2) is 28.2 Å². The topological polar surface area (TPSA) is 67.3 Å². The van der Waals surface area contributed by atoms with E-state index in [9.17, 15) is 4.39 Å². The smallest absolute Gasteiger partial charge is 0.260 e. The minimum absolute atomic E-state index is 0.00403. The lowest BCUT2D eigenvalue weighted by atomic mass is 10.1. The Hall–Kier alpha value is -2.21. The van der Waals surface area contributed by atoms with Crippen molar-refractivity contribution in [3.63, 3.8) is 0 Å². The number of aliphatic hydroxyl groups is 1. The average Bonchev–Trinajstić information content (AvgIpc) is 2.50. The summed E-state index contributed by atoms with van der Waals surface area (Å²) in [5, 5.41) is 12.0. The zero-order chi connectivity index (χ0) is 15.1. The number of nitrogens with one attached hydrogen (secondary N) is 1. The maximum atomic E-state index is 13.8. The van der Waals surface area contributed by atoms with Crippen LogP contribution < -0.4 is 10.1 Å². The molecule has 6 heteroatoms. The number of aromatic nitrogens is 2. The molecule has 0 saturated heterocycles. The summed E-state index contributed by atoms with van der Waals surface area (Å²) in [6.07, 6.45) is 2.43. The van der Waals surface area contributed by atoms with E-state index < -0.39 is 5.82 Å². The highest BCUT2D eigenvalue weighted by Gasteiger charge is 2.11. The van der Waals surface area contributed by atoms with Crippen molar-refractivity contribution in [3.8, 4) is 11.6 Å². The van der Waals surface area contributed by atoms with Gasteiger partial charge in [0.05, 0.1) is 6.20 Å². The lowest BCUT2D eigenvalue weighted by Gasteiger charge is -2.11. The second-order valence-corrected chi connectivity index (χ2v) is 4.46. The lowest BCUT2D eigenvalue weighted by molar-refractivity contribution is 0.297. The summed E-state index contributed by atoms with van der Waals surface area (Å²) in [6, 6.07) is 7.15. The number of rotatable bonds is 7. The minimum Gasteiger partial charge on any atom is -0.436 e. The number of benzene rings is 1. The van der Waals surface area contributed by atoms with Crippen LogP contribution in [-0.2, 0) is 6.42 Å². The molecule has 0 fully saturated rings. The molecule has 1 aromatic heterocycles. The van der Waals surface area contributed by atoms with Crippen LogP contribution in [0.1, 0.15) is 18.9 Å². The van der Waals surface area contributed by atoms with E-state index in [1.54, 1.807) is 12.1 Å². The molecule has 0 aliphatic carbocycles. The fraction of sp³-hybridized carbons (Fsp3) is 0.333. The van der Waals surface area contributed by atoms with Gasteiger partial charge in [-0.05, 0) is 24.5 Å². The van der Waals surface area contributed by atoms with Crippen LogP contribution in [0.3, 0.4) is 0 Å². The number of anilines is 1. The van der Waals surface area contributed by atoms with E-state index >= 15 is 0 Å². The van der Waals surface area contributed by atoms with Crippen molar-refractivity contribution >= 4 is 5.95 Å². The molecule has 0 unspecified atom stereocenters. The van der Waals surface area contributed by atoms with E-state index in [2.05, 4.69) is 15.3 Å². The van der Waals surface area contributed by atoms with Gasteiger partial charge in [0, 0.05) is 13.2 Å². The van der Waals surface area contributed by atoms with Crippen molar-refractivity contribution < 1.29 is 14.2 Å². The maximum Gasteiger partial charge on any atom is 0.260 e. The van der Waals surface area contributed by atoms with Crippen LogP contribution in [0, 0.1) is 5.82 Å². The van der Waals surface area contributed by atoms with Crippen molar-refractivity contribution in [2.75, 3.05) is 18.5 Å². The first kappa shape index (κ1) is 15.2. The standard InChI is InChI=1S/C15H18FN3O2/c1-2-8-17-15-18-10-12(16)14(19-15)21-13-6-4-3-5-11(13)7-9-20/h3-6,10,20H,2,7-9H2,1H3,(H,17,18,19). The SMILES string of the molecule is CCCNc1ncc(F)c(Oc2ccccc2CCO)n1. The summed E-state index contributed by atoms with van der Waals surface area (Å²) in [6.45, 7) is 2.71. The first-order chi connectivity index (χ1) is 10.2. The molecule has 2 aromatic rings. The number of para-hydroxylation sites is 1. The molecule has 0 aliphatic heterocycles. The molecule has 0 amide bonds. The Kier molecular flexibility index (Phi) is 5.45. The van der Waals surface area contributed by atoms with Crippen molar-refractivity contribution in [1.82, 2.24) is 9.97 Å². The summed E-state index contributed by atoms with van der Waals surface area (Å²) in [4.78, 5) is 7.88. The van der Waals surface area contributed by atoms with Gasteiger partial charge in [0.1, 0.15) is 5.75 Å². The van der Waals surface area contributed by atoms with Crippen molar-refractivity contribution in [2.45, 2.75) is 19.8 Å². The number of halogens is 1. The van der Waals surface area contributed by atoms with Crippen LogP contribution in [0.5, 0.6) is 11.6 Å². The fourth-order valence-electron chi connectivity index (χ4n) is 1.78. The zero-order valence-electron chi connectivity index (χ0n) is 11.8. The molecule has 0 atom stereocenters. The Labute approximate surface area is 122 Å². The van der Waals surface area contributed by atoms with E-state index in [1.165, 1.54) is 0 Å². The molecule has 21 heavy (non-hydrogen) atoms. The molecule has 5 nitrogen and oxygen atoms in total. The Bertz CT molecular complexity index is 593. The van der Waals surface area contributed by atoms with Gasteiger partial charge >= 0.3 is 0 Å². The predicted octanol–water partition coefficient (Wildman–Crippen LogP) is 2.76. The molecule has 0 radical (unpaired) electrons. The number of ether oxygens (including phenoxy) is 1. The van der Waals surface area contributed by atoms with Gasteiger partial charge in [-0.1, -0.05) is 25.1 Å². The van der Waals surface area contributed by atoms with Crippen molar-refractivity contribution in [1.29, 1.82) is 0 Å². The third-order valence-electron chi connectivity index (χ3n) is 2.81. The molecular formula is C15H18FN3O2. The monoisotopic (exact) mass is 291 g/mol. The molecule has 0 aliphatic rings. The summed E-state index contributed by atoms with van der Waals surface area (Å²) in [7, 11) is 0. The lowest BCUT2D eigenvalue weighted by Crippen LogP contribution is -2.06. The first-order valence-electron chi connectivity index (χ1n) is 6.87. The van der Waals surface area contributed by atoms with Crippen molar-refractivity contribution in [3.05, 3.63) is 41.8 Å². The van der Waals surface area contributed by atoms with E-state index in [-0.39, 0.29) is 12.5 Å². The summed E-state index contributed by atoms with van der Waals surface area (Å²) in [5.74, 6) is 0.0447. The average molecular weight is 291 g/mol. The highest BCUT2D eigenvalue weighted by Crippen LogP contribution is 2.26. The first-order valence-corrected chi connectivity index (χ1v) is 6.87. The number of hydrogen-bond donors (Lipinski definition) is 2. The molecule has 1 aromatic carbocycles. The molecular weight excluding hydrogens is 273 g/mol. The number of hydrogen-bond acceptors (Lipinski definition) is 5. The maximum absolute atomic E-state index is 13.8. The predicted molar refractivity (Wildman–Crippen MR) is 78.1 cm³/mol. The zero-order valence-corrected chi connectivity index (χ0v) is 11.8. The van der Waals surface area contributed by atoms with E-state index in [0.717, 1.165) is 18.2 Å². The highest BCUT2D eigenvalue weighted by molar-refractivity contribution is 5.37. The molecule has 0 bridgehead atoms. The van der Waals surface area contributed by atoms with Gasteiger partial charge in [0.15, 0.2) is 0 Å². The van der Waals surface area contributed by atoms with Crippen LogP contribution in [0.2, 0.25) is 0 Å². The largest absolute Gasteiger partial charge is 0.436 e. The van der Waals surface area contributed by atoms with Gasteiger partial charge in [0.2, 0.25) is 11.8 Å². The molecule has 112 valence electrons. The van der Waals surface area contributed by atoms with E-state index in [4.69, 9.17) is 9.84 Å². The summed E-state index contributed by atoms with van der Waals surface area (Å²) in [5.41, 5.74) is 0.793. The molecule has 2 rings (SSSR count). The van der Waals surface area contributed by atoms with E-state index in [1.807, 2.05) is 19.1 Å². The normalized spacial score (nSPS) is 10.4. The van der Waals surface area contributed by atoms with Gasteiger partial charge in [-0.3, -0.25) is 0 Å². The highest BCUT2D eigenvalue weighted by atomic mass is 19.1. The van der Waals surface area contributed by atoms with Gasteiger partial charge in [-0.2, -0.15) is 9.37 Å². The third-order valence-corrected chi connectivity index (χ3v) is 2.81. The van der Waals surface area contributed by atoms with Crippen LogP contribution in [0.15, 0.2) is 30.5 Å². The van der Waals surface area contributed by atoms with E-state index in [0.29, 0.717) is 24.7 Å². The molecule has 1 heterocycles. The Morgan fingerprint density at radius 1 is 1.33 bits per heavy atom. The Balaban J connectivity index is 2.22. The molecule has 2 N–H and O–H groups in total. The second kappa shape index (κ2) is 7.54. The Morgan fingerprint density at radius 3 is 2.90 bits per heavy atom. The van der Waals surface area contributed by atoms with Crippen molar-refractivity contribution in [2.24, 2.45) is 0 Å². The van der Waals surface area contributed by atoms with Gasteiger partial charge in [-0.15, -0.1) is 0 Å². The summed E-state index contributed by atoms with van der Waals surface area (Å²) < 4.78 is 19.3. The van der Waals surface area contributed by atoms with Gasteiger partial charge in [0.25, 0.3) is 5.88 Å². The molecule has 0 spiro atoms. The summed E-state index contributed by atoms with van der Waals surface area (Å²) >= 11 is 0. The number of nitrogens with zero attached hydrogens (tertiary/aromatic N) is 2. The second-order valence-electron chi connectivity index (χ2n) is 4.46. The Morgan fingerprint density at radius 2 is 2.14 bits per heavy atom. The molecule has 0 saturated carbocycles. The quantitative estimate of drug-likeness (QED) is 0.821. The van der Waals surface area contributed by atoms with Gasteiger partial charge < -0.3 is 15.2 Å². The third kappa shape index (κ3) is 4.13. The van der Waals surface area contributed by atoms with Crippen LogP contribution >= 0.6 is 0 Å². The van der Waals surface area contributed by atoms with Crippen LogP contribution in [0.4, 0.5) is 10.3 Å². The van der Waals surface area contributed by atoms with Crippen LogP contribution in [0.25, 0.3) is 0 Å². The minimum atomic E-state index is -0.629. The van der Waals surface area contributed by atoms with Gasteiger partial charge in [-0.25, -0.2) is 4.98 Å². The number of aliphatic hydroxyl groups excluding tert-OH is 1. The fourth-order valence-corrected chi connectivity index (χ4v) is 1.78.